The Morgan fingerprint density at radius 1 is 1.39 bits per heavy atom. The number of anilines is 1. The number of benzene rings is 1. The highest BCUT2D eigenvalue weighted by atomic mass is 19.4. The summed E-state index contributed by atoms with van der Waals surface area (Å²) in [5.41, 5.74) is 0.225. The van der Waals surface area contributed by atoms with Gasteiger partial charge in [0.2, 0.25) is 6.10 Å². The zero-order valence-corrected chi connectivity index (χ0v) is 13.0. The number of rotatable bonds is 4. The molecule has 0 aromatic heterocycles. The van der Waals surface area contributed by atoms with Gasteiger partial charge in [-0.25, -0.2) is 4.79 Å². The summed E-state index contributed by atoms with van der Waals surface area (Å²) < 4.78 is 44.1. The van der Waals surface area contributed by atoms with Crippen molar-refractivity contribution >= 4 is 17.7 Å². The smallest absolute Gasteiger partial charge is 0.430 e. The summed E-state index contributed by atoms with van der Waals surface area (Å²) in [4.78, 5) is 13.0. The van der Waals surface area contributed by atoms with E-state index in [1.54, 1.807) is 12.1 Å². The van der Waals surface area contributed by atoms with Crippen molar-refractivity contribution in [3.8, 4) is 5.75 Å². The summed E-state index contributed by atoms with van der Waals surface area (Å²) in [6.45, 7) is 4.80. The third-order valence-electron chi connectivity index (χ3n) is 3.46. The molecule has 2 rings (SSSR count). The van der Waals surface area contributed by atoms with Crippen LogP contribution in [-0.4, -0.2) is 36.9 Å². The molecule has 1 N–H and O–H groups in total. The van der Waals surface area contributed by atoms with Gasteiger partial charge in [0.15, 0.2) is 0 Å². The second kappa shape index (κ2) is 6.14. The Morgan fingerprint density at radius 3 is 2.57 bits per heavy atom. The van der Waals surface area contributed by atoms with E-state index in [-0.39, 0.29) is 5.75 Å². The number of carboxylic acid groups (broad SMARTS) is 1. The third kappa shape index (κ3) is 3.78. The Bertz CT molecular complexity index is 638. The van der Waals surface area contributed by atoms with Gasteiger partial charge in [0.05, 0.1) is 5.57 Å². The molecule has 0 radical (unpaired) electrons. The summed E-state index contributed by atoms with van der Waals surface area (Å²) in [6.07, 6.45) is -6.23. The molecule has 0 spiro atoms. The van der Waals surface area contributed by atoms with Crippen LogP contribution in [0.3, 0.4) is 0 Å². The van der Waals surface area contributed by atoms with Crippen LogP contribution in [0.4, 0.5) is 18.9 Å². The molecule has 7 heteroatoms. The molecule has 4 nitrogen and oxygen atoms in total. The van der Waals surface area contributed by atoms with E-state index < -0.39 is 23.8 Å². The maximum Gasteiger partial charge on any atom is 0.430 e. The van der Waals surface area contributed by atoms with Gasteiger partial charge in [-0.3, -0.25) is 0 Å². The van der Waals surface area contributed by atoms with Gasteiger partial charge in [0, 0.05) is 30.9 Å². The van der Waals surface area contributed by atoms with E-state index >= 15 is 0 Å². The first-order chi connectivity index (χ1) is 10.6. The fourth-order valence-electron chi connectivity index (χ4n) is 2.49. The number of hydrogen-bond donors (Lipinski definition) is 1. The molecule has 0 aliphatic carbocycles. The normalized spacial score (nSPS) is 17.3. The van der Waals surface area contributed by atoms with Crippen molar-refractivity contribution in [2.45, 2.75) is 26.1 Å². The van der Waals surface area contributed by atoms with Gasteiger partial charge in [-0.05, 0) is 24.1 Å². The fourth-order valence-corrected chi connectivity index (χ4v) is 2.49. The largest absolute Gasteiger partial charge is 0.478 e. The van der Waals surface area contributed by atoms with Crippen molar-refractivity contribution in [1.29, 1.82) is 0 Å². The Kier molecular flexibility index (Phi) is 4.58. The van der Waals surface area contributed by atoms with E-state index in [9.17, 15) is 18.0 Å². The molecule has 0 amide bonds. The van der Waals surface area contributed by atoms with Crippen LogP contribution in [0, 0.1) is 5.92 Å². The van der Waals surface area contributed by atoms with E-state index in [2.05, 4.69) is 0 Å². The van der Waals surface area contributed by atoms with E-state index in [4.69, 9.17) is 9.84 Å². The van der Waals surface area contributed by atoms with E-state index in [1.807, 2.05) is 25.8 Å². The third-order valence-corrected chi connectivity index (χ3v) is 3.46. The predicted molar refractivity (Wildman–Crippen MR) is 80.6 cm³/mol. The zero-order valence-electron chi connectivity index (χ0n) is 13.0. The average Bonchev–Trinajstić information content (AvgIpc) is 2.43. The maximum atomic E-state index is 13.0. The molecule has 1 heterocycles. The van der Waals surface area contributed by atoms with Crippen LogP contribution in [-0.2, 0) is 4.79 Å². The lowest BCUT2D eigenvalue weighted by Gasteiger charge is -2.28. The first-order valence-corrected chi connectivity index (χ1v) is 7.13. The quantitative estimate of drug-likeness (QED) is 0.917. The molecule has 1 aromatic rings. The number of fused-ring (bicyclic) bond motifs is 1. The first kappa shape index (κ1) is 17.2. The van der Waals surface area contributed by atoms with Crippen molar-refractivity contribution in [2.75, 3.05) is 18.5 Å². The molecule has 1 aliphatic heterocycles. The number of alkyl halides is 3. The minimum absolute atomic E-state index is 0.0328. The molecule has 0 saturated heterocycles. The summed E-state index contributed by atoms with van der Waals surface area (Å²) in [5, 5.41) is 8.98. The van der Waals surface area contributed by atoms with Crippen molar-refractivity contribution in [3.05, 3.63) is 29.3 Å². The van der Waals surface area contributed by atoms with Gasteiger partial charge in [-0.1, -0.05) is 13.8 Å². The van der Waals surface area contributed by atoms with Gasteiger partial charge >= 0.3 is 12.1 Å². The number of nitrogens with zero attached hydrogens (tertiary/aromatic N) is 1. The molecular weight excluding hydrogens is 311 g/mol. The number of carbonyl (C=O) groups is 1. The SMILES string of the molecule is CC(C)CN(C)c1ccc2c(c1)OC(C(F)(F)F)C(C(=O)O)=C2. The van der Waals surface area contributed by atoms with Crippen molar-refractivity contribution in [1.82, 2.24) is 0 Å². The molecule has 126 valence electrons. The number of hydrogen-bond acceptors (Lipinski definition) is 3. The van der Waals surface area contributed by atoms with Crippen LogP contribution in [0.15, 0.2) is 23.8 Å². The van der Waals surface area contributed by atoms with Gasteiger partial charge in [-0.2, -0.15) is 13.2 Å². The Balaban J connectivity index is 2.40. The fraction of sp³-hybridized carbons (Fsp3) is 0.438. The number of aliphatic carboxylic acids is 1. The lowest BCUT2D eigenvalue weighted by atomic mass is 10.0. The summed E-state index contributed by atoms with van der Waals surface area (Å²) in [5.74, 6) is -1.22. The highest BCUT2D eigenvalue weighted by Crippen LogP contribution is 2.38. The monoisotopic (exact) mass is 329 g/mol. The maximum absolute atomic E-state index is 13.0. The van der Waals surface area contributed by atoms with Crippen LogP contribution < -0.4 is 9.64 Å². The predicted octanol–water partition coefficient (Wildman–Crippen LogP) is 3.57. The van der Waals surface area contributed by atoms with Crippen molar-refractivity contribution in [2.24, 2.45) is 5.92 Å². The lowest BCUT2D eigenvalue weighted by Crippen LogP contribution is -2.40. The van der Waals surface area contributed by atoms with Gasteiger partial charge in [0.1, 0.15) is 5.75 Å². The molecule has 23 heavy (non-hydrogen) atoms. The second-order valence-electron chi connectivity index (χ2n) is 5.94. The van der Waals surface area contributed by atoms with Crippen LogP contribution in [0.25, 0.3) is 6.08 Å². The summed E-state index contributed by atoms with van der Waals surface area (Å²) in [6, 6.07) is 4.80. The van der Waals surface area contributed by atoms with Gasteiger partial charge in [-0.15, -0.1) is 0 Å². The van der Waals surface area contributed by atoms with Crippen LogP contribution in [0.5, 0.6) is 5.75 Å². The van der Waals surface area contributed by atoms with Crippen LogP contribution in [0.2, 0.25) is 0 Å². The molecular formula is C16H18F3NO3. The summed E-state index contributed by atoms with van der Waals surface area (Å²) >= 11 is 0. The van der Waals surface area contributed by atoms with E-state index in [0.717, 1.165) is 12.6 Å². The Labute approximate surface area is 132 Å². The Hall–Kier alpha value is -2.18. The van der Waals surface area contributed by atoms with Gasteiger partial charge < -0.3 is 14.7 Å². The van der Waals surface area contributed by atoms with E-state index in [0.29, 0.717) is 17.2 Å². The minimum atomic E-state index is -4.79. The molecule has 0 bridgehead atoms. The van der Waals surface area contributed by atoms with Crippen LogP contribution >= 0.6 is 0 Å². The minimum Gasteiger partial charge on any atom is -0.478 e. The zero-order chi connectivity index (χ0) is 17.4. The molecule has 0 fully saturated rings. The average molecular weight is 329 g/mol. The highest BCUT2D eigenvalue weighted by Gasteiger charge is 2.48. The molecule has 0 saturated carbocycles. The first-order valence-electron chi connectivity index (χ1n) is 7.13. The van der Waals surface area contributed by atoms with E-state index in [1.165, 1.54) is 6.07 Å². The number of ether oxygens (including phenoxy) is 1. The van der Waals surface area contributed by atoms with Crippen molar-refractivity contribution < 1.29 is 27.8 Å². The molecule has 1 unspecified atom stereocenters. The van der Waals surface area contributed by atoms with Crippen molar-refractivity contribution in [3.63, 3.8) is 0 Å². The van der Waals surface area contributed by atoms with Gasteiger partial charge in [0.25, 0.3) is 0 Å². The molecule has 1 aliphatic rings. The molecule has 1 atom stereocenters. The molecule has 1 aromatic carbocycles. The number of halogens is 3. The second-order valence-corrected chi connectivity index (χ2v) is 5.94. The highest BCUT2D eigenvalue weighted by molar-refractivity contribution is 5.95. The lowest BCUT2D eigenvalue weighted by molar-refractivity contribution is -0.187. The Morgan fingerprint density at radius 2 is 2.04 bits per heavy atom. The standard InChI is InChI=1S/C16H18F3NO3/c1-9(2)8-20(3)11-5-4-10-6-12(15(21)22)14(16(17,18)19)23-13(10)7-11/h4-7,9,14H,8H2,1-3H3,(H,21,22). The number of carboxylic acids is 1. The topological polar surface area (TPSA) is 49.8 Å². The van der Waals surface area contributed by atoms with Crippen LogP contribution in [0.1, 0.15) is 19.4 Å². The summed E-state index contributed by atoms with van der Waals surface area (Å²) in [7, 11) is 1.84.